The van der Waals surface area contributed by atoms with Gasteiger partial charge in [-0.05, 0) is 44.5 Å². The van der Waals surface area contributed by atoms with Crippen molar-refractivity contribution in [3.63, 3.8) is 0 Å². The van der Waals surface area contributed by atoms with Crippen LogP contribution in [0.1, 0.15) is 0 Å². The molecule has 0 spiro atoms. The number of fused-ring (bicyclic) bond motifs is 6. The molecule has 28 radical (unpaired) electrons. The average Bonchev–Trinajstić information content (AvgIpc) is 3.91. The van der Waals surface area contributed by atoms with Crippen LogP contribution in [0.4, 0.5) is 0 Å². The van der Waals surface area contributed by atoms with Gasteiger partial charge in [0.05, 0.1) is 0 Å². The van der Waals surface area contributed by atoms with Crippen molar-refractivity contribution in [3.05, 3.63) is 78.9 Å². The maximum Gasteiger partial charge on any atom is 0.164 e. The Morgan fingerprint density at radius 3 is 1.19 bits per heavy atom. The highest BCUT2D eigenvalue weighted by Crippen LogP contribution is 2.39. The topological polar surface area (TPSA) is 38.7 Å². The van der Waals surface area contributed by atoms with Crippen LogP contribution in [0.25, 0.3) is 96.8 Å². The first-order valence-corrected chi connectivity index (χ1v) is 21.1. The van der Waals surface area contributed by atoms with Gasteiger partial charge in [0.2, 0.25) is 0 Å². The second kappa shape index (κ2) is 15.8. The van der Waals surface area contributed by atoms with Crippen LogP contribution in [0.2, 0.25) is 0 Å². The smallest absolute Gasteiger partial charge is 0.164 e. The zero-order valence-corrected chi connectivity index (χ0v) is 35.4. The third-order valence-corrected chi connectivity index (χ3v) is 14.3. The van der Waals surface area contributed by atoms with Gasteiger partial charge in [0, 0.05) is 40.9 Å². The number of hydrogen-bond donors (Lipinski definition) is 0. The van der Waals surface area contributed by atoms with Gasteiger partial charge in [0.25, 0.3) is 0 Å². The molecule has 3 nitrogen and oxygen atoms in total. The van der Waals surface area contributed by atoms with E-state index in [1.165, 1.54) is 22.7 Å². The lowest BCUT2D eigenvalue weighted by atomic mass is 9.64. The lowest BCUT2D eigenvalue weighted by Gasteiger charge is -2.19. The first kappa shape index (κ1) is 42.8. The van der Waals surface area contributed by atoms with E-state index in [-0.39, 0.29) is 99.5 Å². The van der Waals surface area contributed by atoms with Gasteiger partial charge in [-0.1, -0.05) is 116 Å². The van der Waals surface area contributed by atoms with Gasteiger partial charge in [-0.15, -0.1) is 55.5 Å². The van der Waals surface area contributed by atoms with Crippen LogP contribution in [0.5, 0.6) is 0 Å². The van der Waals surface area contributed by atoms with Crippen molar-refractivity contribution in [2.24, 2.45) is 0 Å². The van der Waals surface area contributed by atoms with Crippen molar-refractivity contribution in [1.29, 1.82) is 0 Å². The maximum atomic E-state index is 6.94. The molecule has 10 aromatic rings. The molecule has 10 rings (SSSR count). The molecule has 0 fully saturated rings. The Balaban J connectivity index is 1.28. The molecule has 0 aliphatic carbocycles. The summed E-state index contributed by atoms with van der Waals surface area (Å²) in [6.45, 7) is 0. The van der Waals surface area contributed by atoms with Crippen molar-refractivity contribution < 1.29 is 0 Å². The Morgan fingerprint density at radius 2 is 0.625 bits per heavy atom. The van der Waals surface area contributed by atoms with Crippen molar-refractivity contribution in [3.8, 4) is 56.4 Å². The van der Waals surface area contributed by atoms with E-state index in [4.69, 9.17) is 125 Å². The molecule has 3 aromatic heterocycles. The number of rotatable bonds is 5. The molecule has 0 aliphatic heterocycles. The monoisotopic (exact) mass is 813 g/mol. The molecule has 0 atom stereocenters. The predicted octanol–water partition coefficient (Wildman–Crippen LogP) is -3.94. The number of nitrogens with zero attached hydrogens (tertiary/aromatic N) is 3. The highest BCUT2D eigenvalue weighted by molar-refractivity contribution is 7.29. The molecule has 0 saturated heterocycles. The molecule has 19 heteroatoms. The van der Waals surface area contributed by atoms with Crippen molar-refractivity contribution >= 4 is 249 Å². The fraction of sp³-hybridized carbons (Fsp3) is 0. The molecule has 0 N–H and O–H groups in total. The molecule has 7 aromatic carbocycles. The van der Waals surface area contributed by atoms with Gasteiger partial charge in [-0.2, -0.15) is 0 Å². The van der Waals surface area contributed by atoms with Crippen LogP contribution >= 0.6 is 22.7 Å². The van der Waals surface area contributed by atoms with E-state index < -0.39 is 0 Å². The highest BCUT2D eigenvalue weighted by atomic mass is 32.1. The summed E-state index contributed by atoms with van der Waals surface area (Å²) >= 11 is 2.47. The Morgan fingerprint density at radius 1 is 0.266 bits per heavy atom. The van der Waals surface area contributed by atoms with Crippen LogP contribution in [-0.2, 0) is 0 Å². The molecule has 0 amide bonds. The van der Waals surface area contributed by atoms with E-state index in [0.29, 0.717) is 51.5 Å². The van der Waals surface area contributed by atoms with Crippen molar-refractivity contribution in [2.45, 2.75) is 0 Å². The highest BCUT2D eigenvalue weighted by Gasteiger charge is 2.27. The minimum absolute atomic E-state index is 0.0555. The number of hydrogen-bond acceptors (Lipinski definition) is 5. The molecular weight excluding hydrogens is 798 g/mol. The summed E-state index contributed by atoms with van der Waals surface area (Å²) in [5, 5.41) is 1.82. The summed E-state index contributed by atoms with van der Waals surface area (Å²) in [6, 6.07) is 26.2. The van der Waals surface area contributed by atoms with E-state index in [2.05, 4.69) is 30.3 Å². The van der Waals surface area contributed by atoms with Gasteiger partial charge in [0.15, 0.2) is 17.5 Å². The van der Waals surface area contributed by atoms with Crippen molar-refractivity contribution in [1.82, 2.24) is 15.0 Å². The summed E-state index contributed by atoms with van der Waals surface area (Å²) in [6.07, 6.45) is 0. The number of benzene rings is 7. The molecular formula is C45H13B14N3S2. The van der Waals surface area contributed by atoms with E-state index in [1.54, 1.807) is 0 Å². The maximum absolute atomic E-state index is 6.94. The molecule has 0 bridgehead atoms. The Labute approximate surface area is 397 Å². The molecule has 3 heterocycles. The normalized spacial score (nSPS) is 11.7. The number of thiophene rings is 2. The fourth-order valence-corrected chi connectivity index (χ4v) is 10.9. The zero-order chi connectivity index (χ0) is 45.2. The second-order valence-electron chi connectivity index (χ2n) is 15.4. The minimum atomic E-state index is 0.0555. The molecule has 0 aliphatic rings. The third kappa shape index (κ3) is 6.38. The standard InChI is InChI=1S/C45H13B14N3S2/c46-25-20-19-23(28(49)33(54)36(57)40(19)64-41(20)37(58)34(55)31(25)52)44-60-43(16-11-9-15(10-12-16)18-8-4-7-17(13-18)14-5-2-1-3-6-14)61-45(62-44)24-29(50)30(51)26(47)21-22-27(48)32(53)35(56)38(59)42(22)63-39(21)24/h1-13H. The Bertz CT molecular complexity index is 3670. The van der Waals surface area contributed by atoms with Crippen LogP contribution < -0.4 is 76.5 Å². The Kier molecular flexibility index (Phi) is 10.6. The van der Waals surface area contributed by atoms with E-state index >= 15 is 0 Å². The lowest BCUT2D eigenvalue weighted by molar-refractivity contribution is 1.08. The average molecular weight is 811 g/mol. The molecule has 64 heavy (non-hydrogen) atoms. The summed E-state index contributed by atoms with van der Waals surface area (Å²) in [4.78, 5) is 15.2. The first-order valence-electron chi connectivity index (χ1n) is 19.5. The van der Waals surface area contributed by atoms with Gasteiger partial charge >= 0.3 is 0 Å². The quantitative estimate of drug-likeness (QED) is 0.167. The van der Waals surface area contributed by atoms with Gasteiger partial charge < -0.3 is 0 Å². The zero-order valence-electron chi connectivity index (χ0n) is 33.7. The van der Waals surface area contributed by atoms with Crippen LogP contribution in [0, 0.1) is 0 Å². The molecule has 0 saturated carbocycles. The second-order valence-corrected chi connectivity index (χ2v) is 17.4. The number of aromatic nitrogens is 3. The van der Waals surface area contributed by atoms with Gasteiger partial charge in [0.1, 0.15) is 110 Å². The third-order valence-electron chi connectivity index (χ3n) is 11.8. The predicted molar refractivity (Wildman–Crippen MR) is 288 cm³/mol. The molecule has 0 unspecified atom stereocenters. The van der Waals surface area contributed by atoms with Gasteiger partial charge in [-0.3, -0.25) is 0 Å². The largest absolute Gasteiger partial charge is 0.208 e. The summed E-state index contributed by atoms with van der Waals surface area (Å²) < 4.78 is 2.06. The summed E-state index contributed by atoms with van der Waals surface area (Å²) in [5.41, 5.74) is 7.23. The van der Waals surface area contributed by atoms with Crippen molar-refractivity contribution in [2.75, 3.05) is 0 Å². The van der Waals surface area contributed by atoms with E-state index in [0.717, 1.165) is 22.3 Å². The Hall–Kier alpha value is -5.10. The van der Waals surface area contributed by atoms with Crippen LogP contribution in [0.3, 0.4) is 0 Å². The van der Waals surface area contributed by atoms with Crippen LogP contribution in [0.15, 0.2) is 78.9 Å². The first-order chi connectivity index (χ1) is 30.6. The molecule has 262 valence electrons. The SMILES string of the molecule is [B]c1c([B])c([B])c2c(sc3c(-c4nc(-c5ccc(-c6cccc(-c7ccccc7)c6)cc5)nc(-c5c([B])c([B])c([B])c6sc7c([B])c([B])c([B])c([B])c7c56)n4)c([B])c([B])c([B])c32)c1[B]. The van der Waals surface area contributed by atoms with E-state index in [1.807, 2.05) is 48.5 Å². The lowest BCUT2D eigenvalue weighted by Crippen LogP contribution is -2.47. The fourth-order valence-electron chi connectivity index (χ4n) is 8.29. The van der Waals surface area contributed by atoms with Crippen LogP contribution in [-0.4, -0.2) is 125 Å². The van der Waals surface area contributed by atoms with Gasteiger partial charge in [-0.25, -0.2) is 15.0 Å². The minimum Gasteiger partial charge on any atom is -0.208 e. The summed E-state index contributed by atoms with van der Waals surface area (Å²) in [7, 11) is 92.5. The van der Waals surface area contributed by atoms with E-state index in [9.17, 15) is 0 Å². The summed E-state index contributed by atoms with van der Waals surface area (Å²) in [5.74, 6) is 0.413.